The van der Waals surface area contributed by atoms with Crippen molar-refractivity contribution in [3.63, 3.8) is 0 Å². The summed E-state index contributed by atoms with van der Waals surface area (Å²) >= 11 is 1.78. The van der Waals surface area contributed by atoms with Crippen molar-refractivity contribution in [3.05, 3.63) is 16.1 Å². The fourth-order valence-corrected chi connectivity index (χ4v) is 2.69. The lowest BCUT2D eigenvalue weighted by Gasteiger charge is -2.15. The van der Waals surface area contributed by atoms with Crippen molar-refractivity contribution in [1.29, 1.82) is 0 Å². The van der Waals surface area contributed by atoms with E-state index in [4.69, 9.17) is 4.98 Å². The van der Waals surface area contributed by atoms with E-state index in [2.05, 4.69) is 45.3 Å². The van der Waals surface area contributed by atoms with Gasteiger partial charge < -0.3 is 5.32 Å². The third-order valence-corrected chi connectivity index (χ3v) is 4.21. The maximum Gasteiger partial charge on any atom is 0.0982 e. The Labute approximate surface area is 110 Å². The summed E-state index contributed by atoms with van der Waals surface area (Å²) in [7, 11) is 0. The number of rotatable bonds is 6. The number of nitrogens with zero attached hydrogens (tertiary/aromatic N) is 1. The summed E-state index contributed by atoms with van der Waals surface area (Å²) in [5.41, 5.74) is 1.37. The van der Waals surface area contributed by atoms with Gasteiger partial charge in [0.05, 0.1) is 10.7 Å². The Kier molecular flexibility index (Phi) is 5.60. The topological polar surface area (TPSA) is 24.9 Å². The van der Waals surface area contributed by atoms with Crippen LogP contribution in [0.15, 0.2) is 5.38 Å². The lowest BCUT2D eigenvalue weighted by atomic mass is 9.98. The summed E-state index contributed by atoms with van der Waals surface area (Å²) in [4.78, 5) is 4.70. The molecule has 0 bridgehead atoms. The lowest BCUT2D eigenvalue weighted by Crippen LogP contribution is -2.27. The van der Waals surface area contributed by atoms with Gasteiger partial charge in [0.15, 0.2) is 0 Å². The molecule has 0 aliphatic heterocycles. The molecule has 2 nitrogen and oxygen atoms in total. The summed E-state index contributed by atoms with van der Waals surface area (Å²) in [6, 6.07) is 0.639. The first-order valence-corrected chi connectivity index (χ1v) is 7.53. The monoisotopic (exact) mass is 254 g/mol. The van der Waals surface area contributed by atoms with Gasteiger partial charge in [0.25, 0.3) is 0 Å². The van der Waals surface area contributed by atoms with Crippen LogP contribution < -0.4 is 5.32 Å². The minimum Gasteiger partial charge on any atom is -0.308 e. The van der Waals surface area contributed by atoms with Crippen molar-refractivity contribution in [2.45, 2.75) is 71.9 Å². The summed E-state index contributed by atoms with van der Waals surface area (Å²) in [6.45, 7) is 12.0. The Balaban J connectivity index is 2.49. The van der Waals surface area contributed by atoms with Gasteiger partial charge in [-0.05, 0) is 12.8 Å². The molecule has 1 atom stereocenters. The maximum absolute atomic E-state index is 4.70. The first-order chi connectivity index (χ1) is 7.97. The van der Waals surface area contributed by atoms with E-state index in [0.29, 0.717) is 6.04 Å². The van der Waals surface area contributed by atoms with Crippen LogP contribution in [0, 0.1) is 0 Å². The largest absolute Gasteiger partial charge is 0.308 e. The molecular formula is C14H26N2S. The van der Waals surface area contributed by atoms with Crippen LogP contribution in [0.2, 0.25) is 0 Å². The van der Waals surface area contributed by atoms with Crippen molar-refractivity contribution < 1.29 is 0 Å². The van der Waals surface area contributed by atoms with Gasteiger partial charge in [-0.15, -0.1) is 11.3 Å². The minimum atomic E-state index is 0.177. The van der Waals surface area contributed by atoms with Gasteiger partial charge in [-0.25, -0.2) is 4.98 Å². The van der Waals surface area contributed by atoms with Crippen LogP contribution in [0.4, 0.5) is 0 Å². The highest BCUT2D eigenvalue weighted by Gasteiger charge is 2.18. The van der Waals surface area contributed by atoms with Crippen LogP contribution in [-0.4, -0.2) is 11.0 Å². The molecule has 0 aliphatic rings. The van der Waals surface area contributed by atoms with E-state index in [1.807, 2.05) is 0 Å². The molecule has 0 amide bonds. The second kappa shape index (κ2) is 6.50. The van der Waals surface area contributed by atoms with E-state index in [0.717, 1.165) is 6.54 Å². The molecule has 1 heterocycles. The molecule has 0 aliphatic carbocycles. The maximum atomic E-state index is 4.70. The first-order valence-electron chi connectivity index (χ1n) is 6.65. The van der Waals surface area contributed by atoms with Crippen molar-refractivity contribution in [1.82, 2.24) is 10.3 Å². The molecule has 1 aromatic rings. The van der Waals surface area contributed by atoms with Crippen LogP contribution >= 0.6 is 11.3 Å². The summed E-state index contributed by atoms with van der Waals surface area (Å²) in [5, 5.41) is 7.02. The molecule has 0 radical (unpaired) electrons. The van der Waals surface area contributed by atoms with E-state index in [-0.39, 0.29) is 5.41 Å². The first kappa shape index (κ1) is 14.7. The second-order valence-electron chi connectivity index (χ2n) is 5.67. The molecule has 1 N–H and O–H groups in total. The SMILES string of the molecule is CCCC(CC)NCc1csc(C(C)(C)C)n1. The zero-order valence-corrected chi connectivity index (χ0v) is 12.7. The zero-order valence-electron chi connectivity index (χ0n) is 11.8. The van der Waals surface area contributed by atoms with Crippen molar-refractivity contribution in [2.24, 2.45) is 0 Å². The molecule has 1 rings (SSSR count). The summed E-state index contributed by atoms with van der Waals surface area (Å²) < 4.78 is 0. The normalized spacial score (nSPS) is 13.9. The highest BCUT2D eigenvalue weighted by atomic mass is 32.1. The van der Waals surface area contributed by atoms with Gasteiger partial charge in [0.2, 0.25) is 0 Å². The highest BCUT2D eigenvalue weighted by Crippen LogP contribution is 2.25. The van der Waals surface area contributed by atoms with Crippen LogP contribution in [0.5, 0.6) is 0 Å². The fraction of sp³-hybridized carbons (Fsp3) is 0.786. The molecule has 0 aromatic carbocycles. The lowest BCUT2D eigenvalue weighted by molar-refractivity contribution is 0.459. The molecule has 0 spiro atoms. The number of aromatic nitrogens is 1. The van der Waals surface area contributed by atoms with Crippen LogP contribution in [0.25, 0.3) is 0 Å². The number of hydrogen-bond acceptors (Lipinski definition) is 3. The molecule has 0 fully saturated rings. The molecule has 1 unspecified atom stereocenters. The molecular weight excluding hydrogens is 228 g/mol. The van der Waals surface area contributed by atoms with Gasteiger partial charge in [0, 0.05) is 23.4 Å². The number of nitrogens with one attached hydrogen (secondary N) is 1. The van der Waals surface area contributed by atoms with Crippen molar-refractivity contribution in [2.75, 3.05) is 0 Å². The molecule has 0 saturated carbocycles. The quantitative estimate of drug-likeness (QED) is 0.826. The third kappa shape index (κ3) is 4.76. The van der Waals surface area contributed by atoms with Crippen molar-refractivity contribution in [3.8, 4) is 0 Å². The number of thiazole rings is 1. The molecule has 0 saturated heterocycles. The molecule has 3 heteroatoms. The Bertz CT molecular complexity index is 325. The van der Waals surface area contributed by atoms with Gasteiger partial charge in [-0.3, -0.25) is 0 Å². The smallest absolute Gasteiger partial charge is 0.0982 e. The predicted octanol–water partition coefficient (Wildman–Crippen LogP) is 4.11. The Hall–Kier alpha value is -0.410. The minimum absolute atomic E-state index is 0.177. The average molecular weight is 254 g/mol. The van der Waals surface area contributed by atoms with E-state index in [1.54, 1.807) is 11.3 Å². The second-order valence-corrected chi connectivity index (χ2v) is 6.53. The predicted molar refractivity (Wildman–Crippen MR) is 76.6 cm³/mol. The molecule has 98 valence electrons. The zero-order chi connectivity index (χ0) is 12.9. The Morgan fingerprint density at radius 3 is 2.53 bits per heavy atom. The van der Waals surface area contributed by atoms with Crippen LogP contribution in [0.1, 0.15) is 64.6 Å². The van der Waals surface area contributed by atoms with E-state index >= 15 is 0 Å². The number of hydrogen-bond donors (Lipinski definition) is 1. The van der Waals surface area contributed by atoms with Gasteiger partial charge >= 0.3 is 0 Å². The van der Waals surface area contributed by atoms with E-state index < -0.39 is 0 Å². The average Bonchev–Trinajstić information content (AvgIpc) is 2.72. The van der Waals surface area contributed by atoms with Gasteiger partial charge in [-0.2, -0.15) is 0 Å². The Morgan fingerprint density at radius 1 is 1.35 bits per heavy atom. The highest BCUT2D eigenvalue weighted by molar-refractivity contribution is 7.09. The molecule has 17 heavy (non-hydrogen) atoms. The van der Waals surface area contributed by atoms with E-state index in [9.17, 15) is 0 Å². The molecule has 1 aromatic heterocycles. The fourth-order valence-electron chi connectivity index (χ4n) is 1.78. The third-order valence-electron chi connectivity index (χ3n) is 2.90. The van der Waals surface area contributed by atoms with Gasteiger partial charge in [0.1, 0.15) is 0 Å². The standard InChI is InChI=1S/C14H26N2S/c1-6-8-11(7-2)15-9-12-10-17-13(16-12)14(3,4)5/h10-11,15H,6-9H2,1-5H3. The van der Waals surface area contributed by atoms with Gasteiger partial charge in [-0.1, -0.05) is 41.0 Å². The van der Waals surface area contributed by atoms with Crippen LogP contribution in [-0.2, 0) is 12.0 Å². The summed E-state index contributed by atoms with van der Waals surface area (Å²) in [6.07, 6.45) is 3.70. The van der Waals surface area contributed by atoms with E-state index in [1.165, 1.54) is 30.0 Å². The Morgan fingerprint density at radius 2 is 2.06 bits per heavy atom. The summed E-state index contributed by atoms with van der Waals surface area (Å²) in [5.74, 6) is 0. The van der Waals surface area contributed by atoms with Crippen molar-refractivity contribution >= 4 is 11.3 Å². The van der Waals surface area contributed by atoms with Crippen LogP contribution in [0.3, 0.4) is 0 Å².